The number of hydrogen-bond acceptors (Lipinski definition) is 1. The third-order valence-corrected chi connectivity index (χ3v) is 4.11. The smallest absolute Gasteiger partial charge is 0.163 e. The molecule has 1 aliphatic carbocycles. The molecule has 1 nitrogen and oxygen atoms in total. The summed E-state index contributed by atoms with van der Waals surface area (Å²) in [5, 5.41) is 0. The summed E-state index contributed by atoms with van der Waals surface area (Å²) < 4.78 is 26.9. The van der Waals surface area contributed by atoms with Crippen molar-refractivity contribution in [3.63, 3.8) is 0 Å². The minimum Gasteiger partial charge on any atom is -0.324 e. The first-order chi connectivity index (χ1) is 7.93. The first kappa shape index (κ1) is 12.5. The maximum Gasteiger partial charge on any atom is 0.163 e. The van der Waals surface area contributed by atoms with Crippen molar-refractivity contribution in [2.75, 3.05) is 0 Å². The Bertz CT molecular complexity index is 415. The van der Waals surface area contributed by atoms with E-state index in [1.807, 2.05) is 0 Å². The Hall–Kier alpha value is -0.960. The average molecular weight is 239 g/mol. The zero-order valence-electron chi connectivity index (χ0n) is 10.3. The summed E-state index contributed by atoms with van der Waals surface area (Å²) in [6, 6.07) is 3.83. The molecule has 1 aromatic rings. The first-order valence-electron chi connectivity index (χ1n) is 6.13. The lowest BCUT2D eigenvalue weighted by atomic mass is 9.76. The summed E-state index contributed by atoms with van der Waals surface area (Å²) >= 11 is 0. The molecule has 94 valence electrons. The molecule has 0 heterocycles. The highest BCUT2D eigenvalue weighted by atomic mass is 19.2. The van der Waals surface area contributed by atoms with E-state index in [0.717, 1.165) is 25.3 Å². The van der Waals surface area contributed by atoms with E-state index in [1.54, 1.807) is 6.07 Å². The van der Waals surface area contributed by atoms with Crippen LogP contribution in [0.4, 0.5) is 8.78 Å². The van der Waals surface area contributed by atoms with Gasteiger partial charge in [0, 0.05) is 11.6 Å². The summed E-state index contributed by atoms with van der Waals surface area (Å²) in [5.74, 6) is -1.38. The van der Waals surface area contributed by atoms with Crippen LogP contribution in [-0.4, -0.2) is 0 Å². The van der Waals surface area contributed by atoms with Gasteiger partial charge in [-0.05, 0) is 30.2 Å². The van der Waals surface area contributed by atoms with Gasteiger partial charge in [0.25, 0.3) is 0 Å². The van der Waals surface area contributed by atoms with E-state index in [2.05, 4.69) is 13.8 Å². The number of hydrogen-bond donors (Lipinski definition) is 1. The largest absolute Gasteiger partial charge is 0.324 e. The second kappa shape index (κ2) is 4.37. The summed E-state index contributed by atoms with van der Waals surface area (Å²) in [6.07, 6.45) is 3.20. The van der Waals surface area contributed by atoms with Crippen molar-refractivity contribution in [3.05, 3.63) is 35.4 Å². The lowest BCUT2D eigenvalue weighted by Gasteiger charge is -2.32. The Morgan fingerprint density at radius 1 is 1.35 bits per heavy atom. The standard InChI is InChI=1S/C14H19F2N/c1-14(2)8-4-6-10(14)13(17)9-5-3-7-11(15)12(9)16/h3,5,7,10,13H,4,6,8,17H2,1-2H3. The Morgan fingerprint density at radius 3 is 2.65 bits per heavy atom. The quantitative estimate of drug-likeness (QED) is 0.834. The Morgan fingerprint density at radius 2 is 2.06 bits per heavy atom. The highest BCUT2D eigenvalue weighted by Crippen LogP contribution is 2.48. The molecule has 0 bridgehead atoms. The molecule has 2 N–H and O–H groups in total. The molecule has 0 aliphatic heterocycles. The van der Waals surface area contributed by atoms with E-state index in [9.17, 15) is 8.78 Å². The van der Waals surface area contributed by atoms with E-state index in [0.29, 0.717) is 5.56 Å². The van der Waals surface area contributed by atoms with Crippen LogP contribution in [0, 0.1) is 23.0 Å². The van der Waals surface area contributed by atoms with Crippen molar-refractivity contribution in [1.82, 2.24) is 0 Å². The van der Waals surface area contributed by atoms with Gasteiger partial charge < -0.3 is 5.73 Å². The third-order valence-electron chi connectivity index (χ3n) is 4.11. The van der Waals surface area contributed by atoms with Crippen molar-refractivity contribution in [1.29, 1.82) is 0 Å². The highest BCUT2D eigenvalue weighted by Gasteiger charge is 2.39. The summed E-state index contributed by atoms with van der Waals surface area (Å²) in [6.45, 7) is 4.31. The summed E-state index contributed by atoms with van der Waals surface area (Å²) in [4.78, 5) is 0. The molecule has 0 aromatic heterocycles. The molecule has 1 aromatic carbocycles. The summed E-state index contributed by atoms with van der Waals surface area (Å²) in [7, 11) is 0. The Balaban J connectivity index is 2.31. The lowest BCUT2D eigenvalue weighted by Crippen LogP contribution is -2.30. The molecular formula is C14H19F2N. The molecule has 1 saturated carbocycles. The van der Waals surface area contributed by atoms with Crippen LogP contribution in [0.2, 0.25) is 0 Å². The molecule has 0 amide bonds. The van der Waals surface area contributed by atoms with Crippen molar-refractivity contribution in [2.45, 2.75) is 39.2 Å². The van der Waals surface area contributed by atoms with Gasteiger partial charge in [0.15, 0.2) is 11.6 Å². The van der Waals surface area contributed by atoms with Crippen LogP contribution < -0.4 is 5.73 Å². The van der Waals surface area contributed by atoms with Crippen LogP contribution in [-0.2, 0) is 0 Å². The van der Waals surface area contributed by atoms with Gasteiger partial charge in [-0.1, -0.05) is 32.4 Å². The molecule has 2 rings (SSSR count). The predicted molar refractivity (Wildman–Crippen MR) is 64.4 cm³/mol. The maximum atomic E-state index is 13.7. The minimum absolute atomic E-state index is 0.109. The van der Waals surface area contributed by atoms with Gasteiger partial charge in [0.1, 0.15) is 0 Å². The van der Waals surface area contributed by atoms with E-state index >= 15 is 0 Å². The van der Waals surface area contributed by atoms with Crippen LogP contribution in [0.25, 0.3) is 0 Å². The molecule has 0 radical (unpaired) electrons. The van der Waals surface area contributed by atoms with Crippen LogP contribution in [0.3, 0.4) is 0 Å². The van der Waals surface area contributed by atoms with Crippen molar-refractivity contribution in [3.8, 4) is 0 Å². The molecule has 0 spiro atoms. The van der Waals surface area contributed by atoms with Gasteiger partial charge in [-0.2, -0.15) is 0 Å². The molecule has 3 heteroatoms. The Kier molecular flexibility index (Phi) is 3.21. The minimum atomic E-state index is -0.811. The molecule has 1 fully saturated rings. The average Bonchev–Trinajstić information content (AvgIpc) is 2.61. The van der Waals surface area contributed by atoms with Gasteiger partial charge in [0.2, 0.25) is 0 Å². The third kappa shape index (κ3) is 2.21. The molecule has 2 unspecified atom stereocenters. The van der Waals surface area contributed by atoms with Crippen LogP contribution in [0.1, 0.15) is 44.7 Å². The number of rotatable bonds is 2. The summed E-state index contributed by atoms with van der Waals surface area (Å²) in [5.41, 5.74) is 6.56. The van der Waals surface area contributed by atoms with E-state index in [-0.39, 0.29) is 11.3 Å². The van der Waals surface area contributed by atoms with Gasteiger partial charge >= 0.3 is 0 Å². The maximum absolute atomic E-state index is 13.7. The van der Waals surface area contributed by atoms with Crippen molar-refractivity contribution >= 4 is 0 Å². The van der Waals surface area contributed by atoms with Gasteiger partial charge in [-0.25, -0.2) is 8.78 Å². The van der Waals surface area contributed by atoms with Gasteiger partial charge in [0.05, 0.1) is 0 Å². The van der Waals surface area contributed by atoms with Crippen molar-refractivity contribution < 1.29 is 8.78 Å². The van der Waals surface area contributed by atoms with Crippen LogP contribution >= 0.6 is 0 Å². The molecule has 2 atom stereocenters. The molecule has 17 heavy (non-hydrogen) atoms. The first-order valence-corrected chi connectivity index (χ1v) is 6.13. The second-order valence-corrected chi connectivity index (χ2v) is 5.66. The second-order valence-electron chi connectivity index (χ2n) is 5.66. The topological polar surface area (TPSA) is 26.0 Å². The fourth-order valence-electron chi connectivity index (χ4n) is 3.01. The molecule has 0 saturated heterocycles. The highest BCUT2D eigenvalue weighted by molar-refractivity contribution is 5.23. The fourth-order valence-corrected chi connectivity index (χ4v) is 3.01. The van der Waals surface area contributed by atoms with E-state index in [1.165, 1.54) is 6.07 Å². The number of benzene rings is 1. The van der Waals surface area contributed by atoms with Crippen LogP contribution in [0.15, 0.2) is 18.2 Å². The normalized spacial score (nSPS) is 24.9. The van der Waals surface area contributed by atoms with E-state index in [4.69, 9.17) is 5.73 Å². The monoisotopic (exact) mass is 239 g/mol. The Labute approximate surface area is 101 Å². The van der Waals surface area contributed by atoms with Gasteiger partial charge in [-0.15, -0.1) is 0 Å². The molecule has 1 aliphatic rings. The van der Waals surface area contributed by atoms with Gasteiger partial charge in [-0.3, -0.25) is 0 Å². The predicted octanol–water partition coefficient (Wildman–Crippen LogP) is 3.79. The van der Waals surface area contributed by atoms with Crippen molar-refractivity contribution in [2.24, 2.45) is 17.1 Å². The fraction of sp³-hybridized carbons (Fsp3) is 0.571. The van der Waals surface area contributed by atoms with E-state index < -0.39 is 17.7 Å². The molecular weight excluding hydrogens is 220 g/mol. The lowest BCUT2D eigenvalue weighted by molar-refractivity contribution is 0.219. The SMILES string of the molecule is CC1(C)CCCC1C(N)c1cccc(F)c1F. The zero-order valence-corrected chi connectivity index (χ0v) is 10.3. The number of nitrogens with two attached hydrogens (primary N) is 1. The number of halogens is 2. The van der Waals surface area contributed by atoms with Crippen LogP contribution in [0.5, 0.6) is 0 Å². The zero-order chi connectivity index (χ0) is 12.6.